The standard InChI is InChI=1S/C21H31FN2O3/c1-5-19(25)24(18-10-6-9-17(22)14-18)13-11-16-8-7-12-23(15-16)20(26)27-21(2,3)4/h6,9-10,14,16H,5,7-8,11-13,15H2,1-4H3. The highest BCUT2D eigenvalue weighted by Gasteiger charge is 2.28. The molecule has 5 nitrogen and oxygen atoms in total. The number of carbonyl (C=O) groups excluding carboxylic acids is 2. The van der Waals surface area contributed by atoms with Gasteiger partial charge >= 0.3 is 6.09 Å². The number of benzene rings is 1. The number of hydrogen-bond donors (Lipinski definition) is 0. The van der Waals surface area contributed by atoms with Crippen molar-refractivity contribution < 1.29 is 18.7 Å². The van der Waals surface area contributed by atoms with Crippen LogP contribution in [-0.2, 0) is 9.53 Å². The number of carbonyl (C=O) groups is 2. The number of halogens is 1. The van der Waals surface area contributed by atoms with Crippen LogP contribution in [0.3, 0.4) is 0 Å². The summed E-state index contributed by atoms with van der Waals surface area (Å²) < 4.78 is 19.0. The van der Waals surface area contributed by atoms with Gasteiger partial charge in [0.1, 0.15) is 11.4 Å². The van der Waals surface area contributed by atoms with Gasteiger partial charge in [0, 0.05) is 31.7 Å². The molecule has 1 unspecified atom stereocenters. The first-order valence-corrected chi connectivity index (χ1v) is 9.73. The summed E-state index contributed by atoms with van der Waals surface area (Å²) in [5.74, 6) is -0.0810. The number of rotatable bonds is 5. The normalized spacial score (nSPS) is 17.5. The molecular weight excluding hydrogens is 347 g/mol. The second-order valence-electron chi connectivity index (χ2n) is 8.10. The molecule has 2 rings (SSSR count). The van der Waals surface area contributed by atoms with Crippen molar-refractivity contribution in [2.24, 2.45) is 5.92 Å². The Labute approximate surface area is 161 Å². The monoisotopic (exact) mass is 378 g/mol. The first kappa shape index (κ1) is 21.2. The molecular formula is C21H31FN2O3. The Morgan fingerprint density at radius 3 is 2.70 bits per heavy atom. The van der Waals surface area contributed by atoms with Crippen LogP contribution in [0.2, 0.25) is 0 Å². The summed E-state index contributed by atoms with van der Waals surface area (Å²) >= 11 is 0. The smallest absolute Gasteiger partial charge is 0.410 e. The minimum atomic E-state index is -0.508. The van der Waals surface area contributed by atoms with Crippen LogP contribution in [-0.4, -0.2) is 42.1 Å². The first-order valence-electron chi connectivity index (χ1n) is 9.73. The molecule has 1 saturated heterocycles. The maximum Gasteiger partial charge on any atom is 0.410 e. The summed E-state index contributed by atoms with van der Waals surface area (Å²) in [7, 11) is 0. The third kappa shape index (κ3) is 6.52. The highest BCUT2D eigenvalue weighted by Crippen LogP contribution is 2.24. The molecule has 0 saturated carbocycles. The van der Waals surface area contributed by atoms with E-state index < -0.39 is 5.60 Å². The topological polar surface area (TPSA) is 49.9 Å². The quantitative estimate of drug-likeness (QED) is 0.752. The third-order valence-electron chi connectivity index (χ3n) is 4.66. The Balaban J connectivity index is 1.98. The Bertz CT molecular complexity index is 657. The van der Waals surface area contributed by atoms with Gasteiger partial charge in [-0.15, -0.1) is 0 Å². The highest BCUT2D eigenvalue weighted by atomic mass is 19.1. The zero-order valence-corrected chi connectivity index (χ0v) is 16.8. The van der Waals surface area contributed by atoms with Crippen molar-refractivity contribution in [1.82, 2.24) is 4.90 Å². The summed E-state index contributed by atoms with van der Waals surface area (Å²) in [6.45, 7) is 9.24. The molecule has 150 valence electrons. The van der Waals surface area contributed by atoms with Crippen LogP contribution in [0.1, 0.15) is 53.4 Å². The number of ether oxygens (including phenoxy) is 1. The molecule has 0 bridgehead atoms. The summed E-state index contributed by atoms with van der Waals surface area (Å²) in [5, 5.41) is 0. The Hall–Kier alpha value is -2.11. The molecule has 0 spiro atoms. The van der Waals surface area contributed by atoms with Crippen LogP contribution < -0.4 is 4.90 Å². The maximum absolute atomic E-state index is 13.6. The fourth-order valence-corrected chi connectivity index (χ4v) is 3.34. The van der Waals surface area contributed by atoms with Gasteiger partial charge in [-0.05, 0) is 64.2 Å². The van der Waals surface area contributed by atoms with Gasteiger partial charge in [-0.3, -0.25) is 4.79 Å². The van der Waals surface area contributed by atoms with E-state index in [-0.39, 0.29) is 17.8 Å². The molecule has 0 aliphatic carbocycles. The van der Waals surface area contributed by atoms with Gasteiger partial charge in [0.05, 0.1) is 0 Å². The van der Waals surface area contributed by atoms with Crippen LogP contribution >= 0.6 is 0 Å². The second-order valence-corrected chi connectivity index (χ2v) is 8.10. The average molecular weight is 378 g/mol. The summed E-state index contributed by atoms with van der Waals surface area (Å²) in [6, 6.07) is 6.13. The molecule has 1 atom stereocenters. The van der Waals surface area contributed by atoms with Gasteiger partial charge in [-0.2, -0.15) is 0 Å². The Morgan fingerprint density at radius 2 is 2.07 bits per heavy atom. The maximum atomic E-state index is 13.6. The number of likely N-dealkylation sites (tertiary alicyclic amines) is 1. The fourth-order valence-electron chi connectivity index (χ4n) is 3.34. The number of hydrogen-bond acceptors (Lipinski definition) is 3. The molecule has 0 radical (unpaired) electrons. The van der Waals surface area contributed by atoms with E-state index in [9.17, 15) is 14.0 Å². The van der Waals surface area contributed by atoms with E-state index in [1.165, 1.54) is 12.1 Å². The lowest BCUT2D eigenvalue weighted by Crippen LogP contribution is -2.43. The lowest BCUT2D eigenvalue weighted by atomic mass is 9.94. The van der Waals surface area contributed by atoms with Gasteiger partial charge < -0.3 is 14.5 Å². The van der Waals surface area contributed by atoms with Crippen LogP contribution in [0, 0.1) is 11.7 Å². The van der Waals surface area contributed by atoms with Crippen LogP contribution in [0.4, 0.5) is 14.9 Å². The van der Waals surface area contributed by atoms with Crippen molar-refractivity contribution in [3.63, 3.8) is 0 Å². The third-order valence-corrected chi connectivity index (χ3v) is 4.66. The van der Waals surface area contributed by atoms with Crippen LogP contribution in [0.25, 0.3) is 0 Å². The minimum absolute atomic E-state index is 0.0274. The first-order chi connectivity index (χ1) is 12.7. The van der Waals surface area contributed by atoms with Crippen molar-refractivity contribution in [3.8, 4) is 0 Å². The largest absolute Gasteiger partial charge is 0.444 e. The minimum Gasteiger partial charge on any atom is -0.444 e. The van der Waals surface area contributed by atoms with Crippen molar-refractivity contribution in [2.75, 3.05) is 24.5 Å². The predicted molar refractivity (Wildman–Crippen MR) is 104 cm³/mol. The van der Waals surface area contributed by atoms with Crippen LogP contribution in [0.15, 0.2) is 24.3 Å². The lowest BCUT2D eigenvalue weighted by molar-refractivity contribution is -0.118. The molecule has 1 fully saturated rings. The van der Waals surface area contributed by atoms with E-state index in [2.05, 4.69) is 0 Å². The van der Waals surface area contributed by atoms with Gasteiger partial charge in [-0.25, -0.2) is 9.18 Å². The molecule has 1 heterocycles. The van der Waals surface area contributed by atoms with E-state index in [0.717, 1.165) is 19.3 Å². The Kier molecular flexibility index (Phi) is 7.22. The summed E-state index contributed by atoms with van der Waals surface area (Å²) in [5.41, 5.74) is 0.0767. The van der Waals surface area contributed by atoms with Crippen molar-refractivity contribution in [3.05, 3.63) is 30.1 Å². The zero-order valence-electron chi connectivity index (χ0n) is 16.8. The molecule has 27 heavy (non-hydrogen) atoms. The van der Waals surface area contributed by atoms with E-state index in [4.69, 9.17) is 4.74 Å². The molecule has 2 amide bonds. The van der Waals surface area contributed by atoms with E-state index in [1.54, 1.807) is 28.9 Å². The molecule has 0 aromatic heterocycles. The molecule has 1 aliphatic heterocycles. The molecule has 1 aromatic rings. The van der Waals surface area contributed by atoms with Crippen LogP contribution in [0.5, 0.6) is 0 Å². The summed E-state index contributed by atoms with van der Waals surface area (Å²) in [4.78, 5) is 28.1. The van der Waals surface area contributed by atoms with Gasteiger partial charge in [0.2, 0.25) is 5.91 Å². The van der Waals surface area contributed by atoms with Gasteiger partial charge in [0.15, 0.2) is 0 Å². The van der Waals surface area contributed by atoms with Gasteiger partial charge in [-0.1, -0.05) is 13.0 Å². The molecule has 6 heteroatoms. The van der Waals surface area contributed by atoms with Gasteiger partial charge in [0.25, 0.3) is 0 Å². The molecule has 1 aliphatic rings. The fraction of sp³-hybridized carbons (Fsp3) is 0.619. The van der Waals surface area contributed by atoms with E-state index >= 15 is 0 Å². The second kappa shape index (κ2) is 9.20. The number of amides is 2. The zero-order chi connectivity index (χ0) is 20.0. The Morgan fingerprint density at radius 1 is 1.33 bits per heavy atom. The average Bonchev–Trinajstić information content (AvgIpc) is 2.60. The molecule has 1 aromatic carbocycles. The van der Waals surface area contributed by atoms with E-state index in [0.29, 0.717) is 37.7 Å². The van der Waals surface area contributed by atoms with Crippen molar-refractivity contribution in [1.29, 1.82) is 0 Å². The SMILES string of the molecule is CCC(=O)N(CCC1CCCN(C(=O)OC(C)(C)C)C1)c1cccc(F)c1. The molecule has 0 N–H and O–H groups in total. The highest BCUT2D eigenvalue weighted by molar-refractivity contribution is 5.93. The number of piperidine rings is 1. The lowest BCUT2D eigenvalue weighted by Gasteiger charge is -2.35. The van der Waals surface area contributed by atoms with Crippen molar-refractivity contribution in [2.45, 2.75) is 59.0 Å². The number of anilines is 1. The predicted octanol–water partition coefficient (Wildman–Crippen LogP) is 4.61. The van der Waals surface area contributed by atoms with Crippen molar-refractivity contribution >= 4 is 17.7 Å². The summed E-state index contributed by atoms with van der Waals surface area (Å²) in [6.07, 6.45) is 2.79. The van der Waals surface area contributed by atoms with E-state index in [1.807, 2.05) is 20.8 Å². The number of nitrogens with zero attached hydrogens (tertiary/aromatic N) is 2.